The topological polar surface area (TPSA) is 108 Å². The number of carbonyl (C=O) groups is 1. The lowest BCUT2D eigenvalue weighted by molar-refractivity contribution is 0.0956. The molecule has 2 aromatic carbocycles. The Morgan fingerprint density at radius 2 is 2.03 bits per heavy atom. The number of rotatable bonds is 7. The summed E-state index contributed by atoms with van der Waals surface area (Å²) in [6.07, 6.45) is 0.558. The number of benzene rings is 2. The number of nitrogens with one attached hydrogen (secondary N) is 2. The fourth-order valence-electron chi connectivity index (χ4n) is 3.61. The largest absolute Gasteiger partial charge is 0.351 e. The maximum Gasteiger partial charge on any atom is 0.264 e. The summed E-state index contributed by atoms with van der Waals surface area (Å²) in [5.74, 6) is 1.21. The first-order valence-electron chi connectivity index (χ1n) is 9.88. The molecule has 31 heavy (non-hydrogen) atoms. The second-order valence-electron chi connectivity index (χ2n) is 7.32. The monoisotopic (exact) mass is 457 g/mol. The second kappa shape index (κ2) is 8.72. The highest BCUT2D eigenvalue weighted by atomic mass is 32.2. The van der Waals surface area contributed by atoms with Crippen LogP contribution in [0.15, 0.2) is 58.6 Å². The molecular weight excluding hydrogens is 434 g/mol. The van der Waals surface area contributed by atoms with E-state index < -0.39 is 10.0 Å². The number of sulfonamides is 1. The number of anilines is 1. The first-order chi connectivity index (χ1) is 14.9. The lowest BCUT2D eigenvalue weighted by atomic mass is 10.1. The predicted molar refractivity (Wildman–Crippen MR) is 120 cm³/mol. The Morgan fingerprint density at radius 1 is 1.26 bits per heavy atom. The predicted octanol–water partition coefficient (Wildman–Crippen LogP) is 2.78. The van der Waals surface area contributed by atoms with Crippen LogP contribution in [0.25, 0.3) is 0 Å². The van der Waals surface area contributed by atoms with E-state index >= 15 is 0 Å². The van der Waals surface area contributed by atoms with Gasteiger partial charge in [-0.3, -0.25) is 14.2 Å². The zero-order valence-corrected chi connectivity index (χ0v) is 18.8. The molecule has 3 aromatic rings. The maximum absolute atomic E-state index is 13.2. The van der Waals surface area contributed by atoms with Crippen molar-refractivity contribution in [1.82, 2.24) is 20.5 Å². The molecule has 0 bridgehead atoms. The van der Waals surface area contributed by atoms with Gasteiger partial charge < -0.3 is 5.32 Å². The first-order valence-corrected chi connectivity index (χ1v) is 12.3. The highest BCUT2D eigenvalue weighted by molar-refractivity contribution is 7.99. The summed E-state index contributed by atoms with van der Waals surface area (Å²) in [7, 11) is -3.66. The molecule has 4 rings (SSSR count). The van der Waals surface area contributed by atoms with Gasteiger partial charge in [-0.25, -0.2) is 13.4 Å². The van der Waals surface area contributed by atoms with Gasteiger partial charge in [-0.15, -0.1) is 5.10 Å². The summed E-state index contributed by atoms with van der Waals surface area (Å²) < 4.78 is 27.8. The Balaban J connectivity index is 1.44. The molecule has 0 spiro atoms. The normalized spacial score (nSPS) is 15.7. The maximum atomic E-state index is 13.2. The molecule has 1 aliphatic heterocycles. The Morgan fingerprint density at radius 3 is 2.74 bits per heavy atom. The number of hydrogen-bond donors (Lipinski definition) is 2. The van der Waals surface area contributed by atoms with Crippen LogP contribution in [0.4, 0.5) is 5.69 Å². The molecule has 0 unspecified atom stereocenters. The van der Waals surface area contributed by atoms with E-state index in [0.29, 0.717) is 35.1 Å². The minimum absolute atomic E-state index is 0.188. The van der Waals surface area contributed by atoms with Crippen LogP contribution in [0.5, 0.6) is 0 Å². The van der Waals surface area contributed by atoms with Gasteiger partial charge in [0.25, 0.3) is 15.9 Å². The second-order valence-corrected chi connectivity index (χ2v) is 10.2. The molecule has 8 nitrogen and oxygen atoms in total. The van der Waals surface area contributed by atoms with Gasteiger partial charge in [0.05, 0.1) is 10.6 Å². The lowest BCUT2D eigenvalue weighted by Crippen LogP contribution is -2.35. The Bertz CT molecular complexity index is 1190. The molecule has 162 valence electrons. The third kappa shape index (κ3) is 4.45. The van der Waals surface area contributed by atoms with E-state index in [1.165, 1.54) is 16.1 Å². The molecule has 0 saturated carbocycles. The number of thioether (sulfide) groups is 1. The summed E-state index contributed by atoms with van der Waals surface area (Å²) in [5.41, 5.74) is 2.00. The van der Waals surface area contributed by atoms with E-state index in [9.17, 15) is 13.2 Å². The third-order valence-corrected chi connectivity index (χ3v) is 7.78. The van der Waals surface area contributed by atoms with Gasteiger partial charge in [0.1, 0.15) is 5.82 Å². The van der Waals surface area contributed by atoms with Gasteiger partial charge in [-0.1, -0.05) is 30.0 Å². The molecule has 0 saturated heterocycles. The van der Waals surface area contributed by atoms with Gasteiger partial charge in [-0.2, -0.15) is 0 Å². The Hall–Kier alpha value is -2.85. The molecule has 2 N–H and O–H groups in total. The van der Waals surface area contributed by atoms with Crippen molar-refractivity contribution in [2.75, 3.05) is 16.6 Å². The summed E-state index contributed by atoms with van der Waals surface area (Å²) in [6, 6.07) is 13.4. The number of nitrogens with zero attached hydrogens (tertiary/aromatic N) is 3. The van der Waals surface area contributed by atoms with Crippen molar-refractivity contribution in [1.29, 1.82) is 0 Å². The molecule has 10 heteroatoms. The smallest absolute Gasteiger partial charge is 0.264 e. The summed E-state index contributed by atoms with van der Waals surface area (Å²) >= 11 is 1.46. The molecule has 1 aliphatic rings. The Labute approximate surface area is 185 Å². The fourth-order valence-corrected chi connectivity index (χ4v) is 6.02. The van der Waals surface area contributed by atoms with Crippen LogP contribution in [-0.4, -0.2) is 47.8 Å². The SMILES string of the molecule is Cc1nc(SCCNC(=O)c2ccc3c(c2)C[C@@H](C)N3S(=O)(=O)c2ccccc2)n[nH]1. The van der Waals surface area contributed by atoms with Gasteiger partial charge in [0.2, 0.25) is 5.16 Å². The number of fused-ring (bicyclic) bond motifs is 1. The standard InChI is InChI=1S/C21H23N5O3S2/c1-14-12-17-13-16(20(27)22-10-11-30-21-23-15(2)24-25-21)8-9-19(17)26(14)31(28,29)18-6-4-3-5-7-18/h3-9,13-14H,10-12H2,1-2H3,(H,22,27)(H,23,24,25)/t14-/m1/s1. The summed E-state index contributed by atoms with van der Waals surface area (Å²) in [5, 5.41) is 10.4. The first kappa shape index (κ1) is 21.4. The van der Waals surface area contributed by atoms with Gasteiger partial charge >= 0.3 is 0 Å². The highest BCUT2D eigenvalue weighted by Crippen LogP contribution is 2.37. The van der Waals surface area contributed by atoms with Gasteiger partial charge in [-0.05, 0) is 56.2 Å². The highest BCUT2D eigenvalue weighted by Gasteiger charge is 2.36. The molecule has 1 aromatic heterocycles. The number of aromatic amines is 1. The number of hydrogen-bond acceptors (Lipinski definition) is 6. The quantitative estimate of drug-likeness (QED) is 0.417. The van der Waals surface area contributed by atoms with Gasteiger partial charge in [0, 0.05) is 23.9 Å². The van der Waals surface area contributed by atoms with Crippen LogP contribution < -0.4 is 9.62 Å². The number of aromatic nitrogens is 3. The van der Waals surface area contributed by atoms with Crippen molar-refractivity contribution in [2.24, 2.45) is 0 Å². The summed E-state index contributed by atoms with van der Waals surface area (Å²) in [4.78, 5) is 17.0. The van der Waals surface area contributed by atoms with Crippen LogP contribution >= 0.6 is 11.8 Å². The fraction of sp³-hybridized carbons (Fsp3) is 0.286. The number of carbonyl (C=O) groups excluding carboxylic acids is 1. The number of H-pyrrole nitrogens is 1. The van der Waals surface area contributed by atoms with Crippen LogP contribution in [-0.2, 0) is 16.4 Å². The minimum atomic E-state index is -3.66. The van der Waals surface area contributed by atoms with Crippen molar-refractivity contribution in [2.45, 2.75) is 36.4 Å². The third-order valence-electron chi connectivity index (χ3n) is 4.99. The molecule has 0 radical (unpaired) electrons. The van der Waals surface area contributed by atoms with E-state index in [1.54, 1.807) is 48.5 Å². The van der Waals surface area contributed by atoms with Crippen LogP contribution in [0.2, 0.25) is 0 Å². The van der Waals surface area contributed by atoms with Crippen molar-refractivity contribution < 1.29 is 13.2 Å². The molecule has 0 aliphatic carbocycles. The lowest BCUT2D eigenvalue weighted by Gasteiger charge is -2.24. The molecule has 0 fully saturated rings. The van der Waals surface area contributed by atoms with E-state index in [1.807, 2.05) is 13.8 Å². The van der Waals surface area contributed by atoms with E-state index in [2.05, 4.69) is 20.5 Å². The minimum Gasteiger partial charge on any atom is -0.351 e. The van der Waals surface area contributed by atoms with Crippen molar-refractivity contribution in [3.8, 4) is 0 Å². The number of aryl methyl sites for hydroxylation is 1. The van der Waals surface area contributed by atoms with Gasteiger partial charge in [0.15, 0.2) is 0 Å². The van der Waals surface area contributed by atoms with Crippen LogP contribution in [0.3, 0.4) is 0 Å². The van der Waals surface area contributed by atoms with E-state index in [-0.39, 0.29) is 16.8 Å². The van der Waals surface area contributed by atoms with E-state index in [0.717, 1.165) is 11.4 Å². The molecule has 2 heterocycles. The van der Waals surface area contributed by atoms with E-state index in [4.69, 9.17) is 0 Å². The molecule has 1 atom stereocenters. The Kier molecular flexibility index (Phi) is 6.01. The van der Waals surface area contributed by atoms with Crippen molar-refractivity contribution in [3.63, 3.8) is 0 Å². The average molecular weight is 458 g/mol. The number of amides is 1. The van der Waals surface area contributed by atoms with Crippen LogP contribution in [0.1, 0.15) is 28.7 Å². The zero-order chi connectivity index (χ0) is 22.0. The zero-order valence-electron chi connectivity index (χ0n) is 17.2. The van der Waals surface area contributed by atoms with Crippen LogP contribution in [0, 0.1) is 6.92 Å². The molecule has 1 amide bonds. The average Bonchev–Trinajstić information content (AvgIpc) is 3.33. The molecular formula is C21H23N5O3S2. The van der Waals surface area contributed by atoms with Crippen molar-refractivity contribution in [3.05, 3.63) is 65.5 Å². The summed E-state index contributed by atoms with van der Waals surface area (Å²) in [6.45, 7) is 4.18. The van der Waals surface area contributed by atoms with Crippen molar-refractivity contribution >= 4 is 33.4 Å².